The minimum absolute atomic E-state index is 0.147. The third-order valence-corrected chi connectivity index (χ3v) is 6.53. The van der Waals surface area contributed by atoms with Gasteiger partial charge in [-0.15, -0.1) is 0 Å². The van der Waals surface area contributed by atoms with E-state index in [1.54, 1.807) is 16.7 Å². The number of ether oxygens (including phenoxy) is 2. The monoisotopic (exact) mass is 468 g/mol. The van der Waals surface area contributed by atoms with E-state index in [1.165, 1.54) is 23.9 Å². The zero-order chi connectivity index (χ0) is 22.1. The summed E-state index contributed by atoms with van der Waals surface area (Å²) in [7, 11) is 0. The molecule has 0 amide bonds. The molecule has 32 heavy (non-hydrogen) atoms. The lowest BCUT2D eigenvalue weighted by Crippen LogP contribution is -2.37. The number of nitrogens with zero attached hydrogens (tertiary/aromatic N) is 2. The Kier molecular flexibility index (Phi) is 5.76. The number of rotatable bonds is 5. The number of para-hydroxylation sites is 3. The first-order valence-corrected chi connectivity index (χ1v) is 11.4. The molecule has 1 aromatic heterocycles. The number of benzene rings is 3. The molecular weight excluding hydrogens is 451 g/mol. The molecule has 3 aromatic carbocycles. The van der Waals surface area contributed by atoms with Crippen LogP contribution in [0.4, 0.5) is 4.39 Å². The highest BCUT2D eigenvalue weighted by Crippen LogP contribution is 2.32. The van der Waals surface area contributed by atoms with Crippen LogP contribution < -0.4 is 15.0 Å². The molecule has 0 radical (unpaired) electrons. The SMILES string of the molecule is O=c1c2ccccc2nc(SCc2ccc(F)cc2Cl)n1C[C@H]1COc2ccccc2O1. The Morgan fingerprint density at radius 1 is 1.09 bits per heavy atom. The van der Waals surface area contributed by atoms with Crippen molar-refractivity contribution in [3.8, 4) is 11.5 Å². The topological polar surface area (TPSA) is 53.4 Å². The fraction of sp³-hybridized carbons (Fsp3) is 0.167. The fourth-order valence-electron chi connectivity index (χ4n) is 3.56. The highest BCUT2D eigenvalue weighted by molar-refractivity contribution is 7.98. The van der Waals surface area contributed by atoms with Crippen molar-refractivity contribution in [2.24, 2.45) is 0 Å². The van der Waals surface area contributed by atoms with Crippen molar-refractivity contribution in [2.75, 3.05) is 6.61 Å². The zero-order valence-corrected chi connectivity index (χ0v) is 18.4. The van der Waals surface area contributed by atoms with Gasteiger partial charge in [-0.05, 0) is 42.0 Å². The van der Waals surface area contributed by atoms with E-state index in [4.69, 9.17) is 26.1 Å². The highest BCUT2D eigenvalue weighted by atomic mass is 35.5. The summed E-state index contributed by atoms with van der Waals surface area (Å²) in [4.78, 5) is 18.0. The standard InChI is InChI=1S/C24H18ClFN2O3S/c25-19-11-16(26)10-9-15(19)14-32-24-27-20-6-2-1-5-18(20)23(29)28(24)12-17-13-30-21-7-3-4-8-22(21)31-17/h1-11,17H,12-14H2/t17-/m0/s1. The Balaban J connectivity index is 1.47. The van der Waals surface area contributed by atoms with Crippen molar-refractivity contribution in [3.05, 3.63) is 93.5 Å². The van der Waals surface area contributed by atoms with Crippen molar-refractivity contribution in [1.82, 2.24) is 9.55 Å². The fourth-order valence-corrected chi connectivity index (χ4v) is 4.88. The van der Waals surface area contributed by atoms with Crippen LogP contribution in [0.3, 0.4) is 0 Å². The molecule has 1 aliphatic rings. The average Bonchev–Trinajstić information content (AvgIpc) is 2.80. The molecule has 1 aliphatic heterocycles. The Labute approximate surface area is 192 Å². The van der Waals surface area contributed by atoms with Crippen LogP contribution in [0.25, 0.3) is 10.9 Å². The van der Waals surface area contributed by atoms with Gasteiger partial charge in [-0.1, -0.05) is 53.7 Å². The van der Waals surface area contributed by atoms with Gasteiger partial charge >= 0.3 is 0 Å². The van der Waals surface area contributed by atoms with E-state index in [2.05, 4.69) is 0 Å². The molecular formula is C24H18ClFN2O3S. The van der Waals surface area contributed by atoms with Crippen LogP contribution >= 0.6 is 23.4 Å². The van der Waals surface area contributed by atoms with Crippen LogP contribution in [0.1, 0.15) is 5.56 Å². The minimum atomic E-state index is -0.390. The molecule has 0 fully saturated rings. The second kappa shape index (κ2) is 8.84. The van der Waals surface area contributed by atoms with Crippen LogP contribution in [-0.4, -0.2) is 22.3 Å². The summed E-state index contributed by atoms with van der Waals surface area (Å²) in [6.07, 6.45) is -0.348. The van der Waals surface area contributed by atoms with Crippen LogP contribution in [0, 0.1) is 5.82 Å². The summed E-state index contributed by atoms with van der Waals surface area (Å²) in [5.41, 5.74) is 1.23. The molecule has 4 aromatic rings. The predicted molar refractivity (Wildman–Crippen MR) is 123 cm³/mol. The highest BCUT2D eigenvalue weighted by Gasteiger charge is 2.23. The smallest absolute Gasteiger partial charge is 0.262 e. The van der Waals surface area contributed by atoms with Gasteiger partial charge in [0.25, 0.3) is 5.56 Å². The summed E-state index contributed by atoms with van der Waals surface area (Å²) < 4.78 is 26.9. The maximum absolute atomic E-state index is 13.4. The van der Waals surface area contributed by atoms with Gasteiger partial charge in [0, 0.05) is 10.8 Å². The molecule has 5 rings (SSSR count). The number of hydrogen-bond donors (Lipinski definition) is 0. The predicted octanol–water partition coefficient (Wildman–Crippen LogP) is 5.32. The number of thioether (sulfide) groups is 1. The van der Waals surface area contributed by atoms with Gasteiger partial charge in [0.2, 0.25) is 0 Å². The van der Waals surface area contributed by atoms with E-state index in [-0.39, 0.29) is 24.0 Å². The Bertz CT molecular complexity index is 1360. The van der Waals surface area contributed by atoms with Crippen molar-refractivity contribution < 1.29 is 13.9 Å². The van der Waals surface area contributed by atoms with Gasteiger partial charge in [0.05, 0.1) is 17.4 Å². The third-order valence-electron chi connectivity index (χ3n) is 5.15. The van der Waals surface area contributed by atoms with E-state index >= 15 is 0 Å². The van der Waals surface area contributed by atoms with E-state index in [1.807, 2.05) is 42.5 Å². The molecule has 0 saturated carbocycles. The molecule has 0 unspecified atom stereocenters. The first kappa shape index (κ1) is 20.8. The maximum atomic E-state index is 13.4. The summed E-state index contributed by atoms with van der Waals surface area (Å²) >= 11 is 7.56. The molecule has 1 atom stereocenters. The molecule has 8 heteroatoms. The van der Waals surface area contributed by atoms with Crippen LogP contribution in [-0.2, 0) is 12.3 Å². The van der Waals surface area contributed by atoms with Crippen LogP contribution in [0.2, 0.25) is 5.02 Å². The summed E-state index contributed by atoms with van der Waals surface area (Å²) in [5, 5.41) is 1.41. The summed E-state index contributed by atoms with van der Waals surface area (Å²) in [5.74, 6) is 1.39. The normalized spacial score (nSPS) is 15.1. The van der Waals surface area contributed by atoms with Crippen molar-refractivity contribution >= 4 is 34.3 Å². The third kappa shape index (κ3) is 4.18. The molecule has 0 aliphatic carbocycles. The van der Waals surface area contributed by atoms with Crippen molar-refractivity contribution in [3.63, 3.8) is 0 Å². The minimum Gasteiger partial charge on any atom is -0.486 e. The molecule has 0 saturated heterocycles. The molecule has 0 N–H and O–H groups in total. The quantitative estimate of drug-likeness (QED) is 0.293. The maximum Gasteiger partial charge on any atom is 0.262 e. The Hall–Kier alpha value is -3.03. The summed E-state index contributed by atoms with van der Waals surface area (Å²) in [6.45, 7) is 0.606. The molecule has 2 heterocycles. The van der Waals surface area contributed by atoms with Gasteiger partial charge in [0.1, 0.15) is 12.4 Å². The van der Waals surface area contributed by atoms with E-state index in [0.29, 0.717) is 44.9 Å². The van der Waals surface area contributed by atoms with Crippen molar-refractivity contribution in [2.45, 2.75) is 23.6 Å². The number of aromatic nitrogens is 2. The lowest BCUT2D eigenvalue weighted by molar-refractivity contribution is 0.0757. The molecule has 0 bridgehead atoms. The number of fused-ring (bicyclic) bond motifs is 2. The van der Waals surface area contributed by atoms with Crippen LogP contribution in [0.5, 0.6) is 11.5 Å². The first-order valence-electron chi connectivity index (χ1n) is 10.0. The second-order valence-electron chi connectivity index (χ2n) is 7.35. The summed E-state index contributed by atoms with van der Waals surface area (Å²) in [6, 6.07) is 19.0. The average molecular weight is 469 g/mol. The molecule has 162 valence electrons. The lowest BCUT2D eigenvalue weighted by Gasteiger charge is -2.27. The van der Waals surface area contributed by atoms with Gasteiger partial charge in [0.15, 0.2) is 22.8 Å². The number of halogens is 2. The van der Waals surface area contributed by atoms with E-state index in [0.717, 1.165) is 5.56 Å². The van der Waals surface area contributed by atoms with Gasteiger partial charge in [-0.25, -0.2) is 9.37 Å². The zero-order valence-electron chi connectivity index (χ0n) is 16.8. The van der Waals surface area contributed by atoms with Gasteiger partial charge in [-0.2, -0.15) is 0 Å². The first-order chi connectivity index (χ1) is 15.6. The lowest BCUT2D eigenvalue weighted by atomic mass is 10.2. The number of hydrogen-bond acceptors (Lipinski definition) is 5. The van der Waals surface area contributed by atoms with Crippen LogP contribution in [0.15, 0.2) is 76.7 Å². The van der Waals surface area contributed by atoms with E-state index < -0.39 is 0 Å². The van der Waals surface area contributed by atoms with Gasteiger partial charge in [-0.3, -0.25) is 9.36 Å². The Morgan fingerprint density at radius 2 is 1.88 bits per heavy atom. The molecule has 5 nitrogen and oxygen atoms in total. The molecule has 0 spiro atoms. The largest absolute Gasteiger partial charge is 0.486 e. The van der Waals surface area contributed by atoms with Crippen molar-refractivity contribution in [1.29, 1.82) is 0 Å². The van der Waals surface area contributed by atoms with E-state index in [9.17, 15) is 9.18 Å². The Morgan fingerprint density at radius 3 is 2.72 bits per heavy atom. The second-order valence-corrected chi connectivity index (χ2v) is 8.70. The van der Waals surface area contributed by atoms with Gasteiger partial charge < -0.3 is 9.47 Å².